The van der Waals surface area contributed by atoms with Crippen LogP contribution in [0.15, 0.2) is 42.5 Å². The summed E-state index contributed by atoms with van der Waals surface area (Å²) in [4.78, 5) is 14.4. The van der Waals surface area contributed by atoms with Crippen molar-refractivity contribution >= 4 is 35.0 Å². The van der Waals surface area contributed by atoms with Gasteiger partial charge in [0.15, 0.2) is 5.11 Å². The highest BCUT2D eigenvalue weighted by Crippen LogP contribution is 2.34. The summed E-state index contributed by atoms with van der Waals surface area (Å²) < 4.78 is 39.8. The van der Waals surface area contributed by atoms with Crippen LogP contribution in [0.2, 0.25) is 0 Å². The number of alkyl halides is 3. The van der Waals surface area contributed by atoms with Gasteiger partial charge in [-0.05, 0) is 56.4 Å². The number of nitriles is 1. The number of hydrogen-bond donors (Lipinski definition) is 0. The third kappa shape index (κ3) is 4.49. The van der Waals surface area contributed by atoms with E-state index >= 15 is 0 Å². The fourth-order valence-corrected chi connectivity index (χ4v) is 3.01. The fraction of sp³-hybridized carbons (Fsp3) is 0.250. The molecule has 0 aliphatic carbocycles. The summed E-state index contributed by atoms with van der Waals surface area (Å²) >= 11 is 5.48. The van der Waals surface area contributed by atoms with E-state index in [9.17, 15) is 18.0 Å². The molecule has 2 rings (SSSR count). The molecule has 4 nitrogen and oxygen atoms in total. The van der Waals surface area contributed by atoms with Crippen LogP contribution < -0.4 is 9.80 Å². The quantitative estimate of drug-likeness (QED) is 0.545. The van der Waals surface area contributed by atoms with Crippen molar-refractivity contribution in [3.8, 4) is 6.07 Å². The number of nitrogens with zero attached hydrogens (tertiary/aromatic N) is 3. The summed E-state index contributed by atoms with van der Waals surface area (Å²) in [6, 6.07) is 11.6. The maximum absolute atomic E-state index is 13.3. The van der Waals surface area contributed by atoms with Crippen LogP contribution in [-0.2, 0) is 11.0 Å². The standard InChI is InChI=1S/C20H18F3N3OS/c1-13-4-7-16(8-5-13)26(14(2)12-27)19(28)25(3)17-9-6-15(11-24)18(10-17)20(21,22)23/h4-10,12,14H,1-3H3. The molecule has 2 aromatic carbocycles. The number of halogens is 3. The number of benzene rings is 2. The van der Waals surface area contributed by atoms with Gasteiger partial charge in [0.2, 0.25) is 0 Å². The second kappa shape index (κ2) is 8.40. The van der Waals surface area contributed by atoms with E-state index in [1.807, 2.05) is 19.1 Å². The Balaban J connectivity index is 2.47. The molecule has 0 aliphatic heterocycles. The first kappa shape index (κ1) is 21.4. The third-order valence-corrected chi connectivity index (χ3v) is 4.70. The molecule has 0 aliphatic rings. The Morgan fingerprint density at radius 1 is 1.18 bits per heavy atom. The number of carbonyl (C=O) groups is 1. The SMILES string of the molecule is Cc1ccc(N(C(=S)N(C)c2ccc(C#N)c(C(F)(F)F)c2)C(C)C=O)cc1. The van der Waals surface area contributed by atoms with Gasteiger partial charge < -0.3 is 14.6 Å². The minimum Gasteiger partial charge on any atom is -0.322 e. The summed E-state index contributed by atoms with van der Waals surface area (Å²) in [6.07, 6.45) is -3.96. The van der Waals surface area contributed by atoms with Gasteiger partial charge in [-0.2, -0.15) is 18.4 Å². The van der Waals surface area contributed by atoms with E-state index in [0.717, 1.165) is 17.7 Å². The van der Waals surface area contributed by atoms with Crippen LogP contribution in [-0.4, -0.2) is 24.5 Å². The summed E-state index contributed by atoms with van der Waals surface area (Å²) in [5.41, 5.74) is 0.321. The molecule has 0 amide bonds. The van der Waals surface area contributed by atoms with Crippen LogP contribution in [0, 0.1) is 18.3 Å². The van der Waals surface area contributed by atoms with Crippen molar-refractivity contribution in [3.63, 3.8) is 0 Å². The molecule has 0 heterocycles. The number of rotatable bonds is 4. The normalized spacial score (nSPS) is 12.0. The predicted molar refractivity (Wildman–Crippen MR) is 106 cm³/mol. The molecule has 0 N–H and O–H groups in total. The average molecular weight is 405 g/mol. The Hall–Kier alpha value is -2.92. The number of hydrogen-bond acceptors (Lipinski definition) is 3. The van der Waals surface area contributed by atoms with Gasteiger partial charge in [0.25, 0.3) is 0 Å². The smallest absolute Gasteiger partial charge is 0.322 e. The lowest BCUT2D eigenvalue weighted by atomic mass is 10.1. The summed E-state index contributed by atoms with van der Waals surface area (Å²) in [6.45, 7) is 3.56. The van der Waals surface area contributed by atoms with E-state index in [-0.39, 0.29) is 10.8 Å². The van der Waals surface area contributed by atoms with Gasteiger partial charge in [0.05, 0.1) is 23.2 Å². The van der Waals surface area contributed by atoms with Gasteiger partial charge in [-0.25, -0.2) is 0 Å². The van der Waals surface area contributed by atoms with Crippen LogP contribution in [0.3, 0.4) is 0 Å². The van der Waals surface area contributed by atoms with Gasteiger partial charge in [-0.1, -0.05) is 17.7 Å². The largest absolute Gasteiger partial charge is 0.417 e. The van der Waals surface area contributed by atoms with E-state index in [1.54, 1.807) is 30.0 Å². The van der Waals surface area contributed by atoms with Crippen LogP contribution in [0.5, 0.6) is 0 Å². The average Bonchev–Trinajstić information content (AvgIpc) is 2.67. The lowest BCUT2D eigenvalue weighted by Gasteiger charge is -2.34. The summed E-state index contributed by atoms with van der Waals surface area (Å²) in [5, 5.41) is 9.10. The summed E-state index contributed by atoms with van der Waals surface area (Å²) in [5.74, 6) is 0. The number of aldehydes is 1. The van der Waals surface area contributed by atoms with Crippen molar-refractivity contribution in [2.75, 3.05) is 16.8 Å². The zero-order chi connectivity index (χ0) is 21.1. The lowest BCUT2D eigenvalue weighted by Crippen LogP contribution is -2.46. The zero-order valence-corrected chi connectivity index (χ0v) is 16.3. The van der Waals surface area contributed by atoms with E-state index < -0.39 is 23.3 Å². The molecule has 0 aromatic heterocycles. The van der Waals surface area contributed by atoms with E-state index in [0.29, 0.717) is 12.0 Å². The Kier molecular flexibility index (Phi) is 6.41. The Bertz CT molecular complexity index is 920. The maximum atomic E-state index is 13.3. The summed E-state index contributed by atoms with van der Waals surface area (Å²) in [7, 11) is 1.52. The molecule has 2 aromatic rings. The van der Waals surface area contributed by atoms with Crippen molar-refractivity contribution in [1.82, 2.24) is 0 Å². The predicted octanol–water partition coefficient (Wildman–Crippen LogP) is 4.70. The molecule has 0 saturated heterocycles. The van der Waals surface area contributed by atoms with Crippen LogP contribution in [0.25, 0.3) is 0 Å². The zero-order valence-electron chi connectivity index (χ0n) is 15.5. The Labute approximate surface area is 166 Å². The molecular weight excluding hydrogens is 387 g/mol. The monoisotopic (exact) mass is 405 g/mol. The van der Waals surface area contributed by atoms with Gasteiger partial charge in [0.1, 0.15) is 6.29 Å². The molecule has 8 heteroatoms. The minimum absolute atomic E-state index is 0.154. The number of aryl methyl sites for hydroxylation is 1. The van der Waals surface area contributed by atoms with Gasteiger partial charge in [0, 0.05) is 18.4 Å². The fourth-order valence-electron chi connectivity index (χ4n) is 2.63. The highest BCUT2D eigenvalue weighted by molar-refractivity contribution is 7.80. The van der Waals surface area contributed by atoms with Gasteiger partial charge in [-0.15, -0.1) is 0 Å². The second-order valence-electron chi connectivity index (χ2n) is 6.26. The first-order valence-electron chi connectivity index (χ1n) is 8.30. The molecule has 0 radical (unpaired) electrons. The van der Waals surface area contributed by atoms with Crippen molar-refractivity contribution in [3.05, 3.63) is 59.2 Å². The highest BCUT2D eigenvalue weighted by atomic mass is 32.1. The molecule has 0 saturated carbocycles. The van der Waals surface area contributed by atoms with Gasteiger partial charge in [-0.3, -0.25) is 0 Å². The lowest BCUT2D eigenvalue weighted by molar-refractivity contribution is -0.137. The number of thiocarbonyl (C=S) groups is 1. The molecular formula is C20H18F3N3OS. The van der Waals surface area contributed by atoms with Gasteiger partial charge >= 0.3 is 6.18 Å². The van der Waals surface area contributed by atoms with Crippen molar-refractivity contribution in [1.29, 1.82) is 5.26 Å². The number of anilines is 2. The molecule has 146 valence electrons. The Morgan fingerprint density at radius 3 is 2.25 bits per heavy atom. The number of carbonyl (C=O) groups excluding carboxylic acids is 1. The molecule has 0 spiro atoms. The van der Waals surface area contributed by atoms with Crippen molar-refractivity contribution < 1.29 is 18.0 Å². The van der Waals surface area contributed by atoms with Crippen molar-refractivity contribution in [2.24, 2.45) is 0 Å². The highest BCUT2D eigenvalue weighted by Gasteiger charge is 2.34. The third-order valence-electron chi connectivity index (χ3n) is 4.23. The van der Waals surface area contributed by atoms with Crippen molar-refractivity contribution in [2.45, 2.75) is 26.1 Å². The molecule has 0 bridgehead atoms. The topological polar surface area (TPSA) is 47.3 Å². The van der Waals surface area contributed by atoms with Crippen LogP contribution in [0.4, 0.5) is 24.5 Å². The van der Waals surface area contributed by atoms with E-state index in [1.165, 1.54) is 18.0 Å². The molecule has 1 atom stereocenters. The first-order chi connectivity index (χ1) is 13.1. The minimum atomic E-state index is -4.67. The molecule has 1 unspecified atom stereocenters. The maximum Gasteiger partial charge on any atom is 0.417 e. The van der Waals surface area contributed by atoms with Crippen LogP contribution >= 0.6 is 12.2 Å². The molecule has 0 fully saturated rings. The Morgan fingerprint density at radius 2 is 1.75 bits per heavy atom. The molecule has 28 heavy (non-hydrogen) atoms. The van der Waals surface area contributed by atoms with E-state index in [2.05, 4.69) is 0 Å². The van der Waals surface area contributed by atoms with E-state index in [4.69, 9.17) is 17.5 Å². The second-order valence-corrected chi connectivity index (χ2v) is 6.63. The van der Waals surface area contributed by atoms with Crippen LogP contribution in [0.1, 0.15) is 23.6 Å². The first-order valence-corrected chi connectivity index (χ1v) is 8.71.